The number of aliphatic hydroxyl groups is 1. The van der Waals surface area contributed by atoms with Gasteiger partial charge in [0.15, 0.2) is 0 Å². The number of halogens is 1. The van der Waals surface area contributed by atoms with Crippen molar-refractivity contribution < 1.29 is 14.3 Å². The zero-order valence-electron chi connectivity index (χ0n) is 10.1. The van der Waals surface area contributed by atoms with E-state index in [4.69, 9.17) is 5.11 Å². The van der Waals surface area contributed by atoms with E-state index < -0.39 is 0 Å². The van der Waals surface area contributed by atoms with Crippen molar-refractivity contribution in [3.05, 3.63) is 35.6 Å². The Morgan fingerprint density at radius 3 is 2.83 bits per heavy atom. The molecule has 4 nitrogen and oxygen atoms in total. The zero-order valence-corrected chi connectivity index (χ0v) is 10.1. The average Bonchev–Trinajstić information content (AvgIpc) is 2.32. The van der Waals surface area contributed by atoms with Gasteiger partial charge in [0.05, 0.1) is 6.54 Å². The Bertz CT molecular complexity index is 419. The van der Waals surface area contributed by atoms with Gasteiger partial charge < -0.3 is 10.4 Å². The van der Waals surface area contributed by atoms with Crippen LogP contribution in [0.2, 0.25) is 0 Å². The summed E-state index contributed by atoms with van der Waals surface area (Å²) < 4.78 is 13.3. The highest BCUT2D eigenvalue weighted by atomic mass is 19.1. The van der Waals surface area contributed by atoms with Gasteiger partial charge in [-0.2, -0.15) is 0 Å². The van der Waals surface area contributed by atoms with E-state index in [1.165, 1.54) is 6.07 Å². The van der Waals surface area contributed by atoms with Crippen molar-refractivity contribution in [3.8, 4) is 0 Å². The van der Waals surface area contributed by atoms with E-state index in [1.807, 2.05) is 4.90 Å². The van der Waals surface area contributed by atoms with Crippen molar-refractivity contribution in [3.63, 3.8) is 0 Å². The Kier molecular flexibility index (Phi) is 4.28. The summed E-state index contributed by atoms with van der Waals surface area (Å²) in [7, 11) is 0. The second kappa shape index (κ2) is 5.93. The molecule has 1 aliphatic heterocycles. The number of benzene rings is 1. The lowest BCUT2D eigenvalue weighted by atomic mass is 10.0. The van der Waals surface area contributed by atoms with Crippen LogP contribution in [-0.4, -0.2) is 42.2 Å². The number of rotatable bonds is 5. The number of hydrogen-bond acceptors (Lipinski definition) is 3. The van der Waals surface area contributed by atoms with E-state index in [0.29, 0.717) is 18.0 Å². The third kappa shape index (κ3) is 3.27. The Morgan fingerprint density at radius 2 is 2.17 bits per heavy atom. The van der Waals surface area contributed by atoms with Crippen LogP contribution < -0.4 is 5.32 Å². The van der Waals surface area contributed by atoms with E-state index in [-0.39, 0.29) is 24.9 Å². The number of nitrogens with one attached hydrogen (secondary N) is 1. The molecule has 2 rings (SSSR count). The molecule has 0 unspecified atom stereocenters. The summed E-state index contributed by atoms with van der Waals surface area (Å²) >= 11 is 0. The number of likely N-dealkylation sites (tertiary alicyclic amines) is 1. The predicted molar refractivity (Wildman–Crippen MR) is 65.3 cm³/mol. The highest BCUT2D eigenvalue weighted by Crippen LogP contribution is 2.13. The molecule has 0 radical (unpaired) electrons. The summed E-state index contributed by atoms with van der Waals surface area (Å²) in [6, 6.07) is 6.39. The summed E-state index contributed by atoms with van der Waals surface area (Å²) in [6.45, 7) is 2.20. The van der Waals surface area contributed by atoms with Gasteiger partial charge in [0, 0.05) is 37.7 Å². The molecule has 1 heterocycles. The van der Waals surface area contributed by atoms with E-state index in [1.54, 1.807) is 18.2 Å². The van der Waals surface area contributed by atoms with Gasteiger partial charge in [-0.1, -0.05) is 18.2 Å². The Hall–Kier alpha value is -1.46. The summed E-state index contributed by atoms with van der Waals surface area (Å²) in [5.74, 6) is -0.124. The number of amides is 1. The standard InChI is InChI=1S/C13H17FN2O2/c14-12-4-2-1-3-11(12)5-15-13(18)8-16-6-10(7-16)9-17/h1-4,10,17H,5-9H2,(H,15,18). The molecule has 1 saturated heterocycles. The van der Waals surface area contributed by atoms with Crippen molar-refractivity contribution in [1.82, 2.24) is 10.2 Å². The number of nitrogens with zero attached hydrogens (tertiary/aromatic N) is 1. The van der Waals surface area contributed by atoms with Crippen molar-refractivity contribution in [1.29, 1.82) is 0 Å². The molecule has 1 aromatic rings. The summed E-state index contributed by atoms with van der Waals surface area (Å²) in [5, 5.41) is 11.5. The van der Waals surface area contributed by atoms with Crippen molar-refractivity contribution in [2.24, 2.45) is 5.92 Å². The van der Waals surface area contributed by atoms with Gasteiger partial charge in [-0.15, -0.1) is 0 Å². The van der Waals surface area contributed by atoms with Crippen molar-refractivity contribution in [2.45, 2.75) is 6.54 Å². The van der Waals surface area contributed by atoms with Gasteiger partial charge in [-0.3, -0.25) is 9.69 Å². The van der Waals surface area contributed by atoms with Gasteiger partial charge in [0.25, 0.3) is 0 Å². The van der Waals surface area contributed by atoms with Crippen LogP contribution in [0, 0.1) is 11.7 Å². The Labute approximate surface area is 105 Å². The summed E-state index contributed by atoms with van der Waals surface area (Å²) in [6.07, 6.45) is 0. The molecular formula is C13H17FN2O2. The normalized spacial score (nSPS) is 16.3. The molecule has 0 aromatic heterocycles. The molecule has 0 bridgehead atoms. The molecule has 2 N–H and O–H groups in total. The molecule has 0 atom stereocenters. The number of aliphatic hydroxyl groups excluding tert-OH is 1. The van der Waals surface area contributed by atoms with Gasteiger partial charge in [0.2, 0.25) is 5.91 Å². The maximum Gasteiger partial charge on any atom is 0.234 e. The largest absolute Gasteiger partial charge is 0.396 e. The Morgan fingerprint density at radius 1 is 1.44 bits per heavy atom. The van der Waals surface area contributed by atoms with Gasteiger partial charge in [0.1, 0.15) is 5.82 Å². The van der Waals surface area contributed by atoms with Crippen LogP contribution in [0.25, 0.3) is 0 Å². The third-order valence-corrected chi connectivity index (χ3v) is 3.09. The zero-order chi connectivity index (χ0) is 13.0. The first kappa shape index (κ1) is 13.0. The molecular weight excluding hydrogens is 235 g/mol. The van der Waals surface area contributed by atoms with Crippen LogP contribution in [0.1, 0.15) is 5.56 Å². The fourth-order valence-electron chi connectivity index (χ4n) is 2.02. The van der Waals surface area contributed by atoms with Crippen molar-refractivity contribution >= 4 is 5.91 Å². The lowest BCUT2D eigenvalue weighted by molar-refractivity contribution is -0.124. The first-order valence-corrected chi connectivity index (χ1v) is 6.02. The van der Waals surface area contributed by atoms with Crippen LogP contribution in [0.15, 0.2) is 24.3 Å². The summed E-state index contributed by atoms with van der Waals surface area (Å²) in [5.41, 5.74) is 0.489. The summed E-state index contributed by atoms with van der Waals surface area (Å²) in [4.78, 5) is 13.5. The van der Waals surface area contributed by atoms with Crippen LogP contribution in [0.3, 0.4) is 0 Å². The Balaban J connectivity index is 1.71. The topological polar surface area (TPSA) is 52.6 Å². The minimum Gasteiger partial charge on any atom is -0.396 e. The van der Waals surface area contributed by atoms with E-state index >= 15 is 0 Å². The molecule has 1 amide bonds. The van der Waals surface area contributed by atoms with Crippen LogP contribution >= 0.6 is 0 Å². The minimum atomic E-state index is -0.304. The molecule has 0 aliphatic carbocycles. The molecule has 98 valence electrons. The fourth-order valence-corrected chi connectivity index (χ4v) is 2.02. The smallest absolute Gasteiger partial charge is 0.234 e. The highest BCUT2D eigenvalue weighted by molar-refractivity contribution is 5.78. The molecule has 5 heteroatoms. The van der Waals surface area contributed by atoms with Gasteiger partial charge >= 0.3 is 0 Å². The first-order valence-electron chi connectivity index (χ1n) is 6.02. The minimum absolute atomic E-state index is 0.116. The average molecular weight is 252 g/mol. The van der Waals surface area contributed by atoms with E-state index in [2.05, 4.69) is 5.32 Å². The quantitative estimate of drug-likeness (QED) is 0.796. The molecule has 1 aromatic carbocycles. The third-order valence-electron chi connectivity index (χ3n) is 3.09. The number of carbonyl (C=O) groups excluding carboxylic acids is 1. The molecule has 1 fully saturated rings. The predicted octanol–water partition coefficient (Wildman–Crippen LogP) is 0.366. The van der Waals surface area contributed by atoms with Crippen LogP contribution in [0.5, 0.6) is 0 Å². The van der Waals surface area contributed by atoms with Crippen LogP contribution in [-0.2, 0) is 11.3 Å². The monoisotopic (exact) mass is 252 g/mol. The lowest BCUT2D eigenvalue weighted by Gasteiger charge is -2.37. The maximum absolute atomic E-state index is 13.3. The van der Waals surface area contributed by atoms with E-state index in [9.17, 15) is 9.18 Å². The molecule has 1 aliphatic rings. The number of carbonyl (C=O) groups is 1. The molecule has 18 heavy (non-hydrogen) atoms. The van der Waals surface area contributed by atoms with E-state index in [0.717, 1.165) is 13.1 Å². The fraction of sp³-hybridized carbons (Fsp3) is 0.462. The second-order valence-corrected chi connectivity index (χ2v) is 4.61. The van der Waals surface area contributed by atoms with Gasteiger partial charge in [-0.05, 0) is 6.07 Å². The first-order chi connectivity index (χ1) is 8.69. The molecule has 0 spiro atoms. The van der Waals surface area contributed by atoms with Crippen molar-refractivity contribution in [2.75, 3.05) is 26.2 Å². The molecule has 0 saturated carbocycles. The maximum atomic E-state index is 13.3. The lowest BCUT2D eigenvalue weighted by Crippen LogP contribution is -2.51. The second-order valence-electron chi connectivity index (χ2n) is 4.61. The SMILES string of the molecule is O=C(CN1CC(CO)C1)NCc1ccccc1F. The van der Waals surface area contributed by atoms with Crippen LogP contribution in [0.4, 0.5) is 4.39 Å². The number of hydrogen-bond donors (Lipinski definition) is 2. The van der Waals surface area contributed by atoms with Gasteiger partial charge in [-0.25, -0.2) is 4.39 Å². The highest BCUT2D eigenvalue weighted by Gasteiger charge is 2.27.